The number of carbonyl (C=O) groups is 2. The van der Waals surface area contributed by atoms with Gasteiger partial charge in [-0.15, -0.1) is 0 Å². The van der Waals surface area contributed by atoms with E-state index in [1.165, 1.54) is 0 Å². The molecule has 1 aromatic carbocycles. The van der Waals surface area contributed by atoms with Gasteiger partial charge in [0.2, 0.25) is 5.91 Å². The Bertz CT molecular complexity index is 487. The molecular formula is C15H23N3O2. The third-order valence-electron chi connectivity index (χ3n) is 2.77. The second kappa shape index (κ2) is 6.93. The molecule has 0 aliphatic heterocycles. The van der Waals surface area contributed by atoms with Crippen molar-refractivity contribution in [3.05, 3.63) is 28.8 Å². The molecule has 5 heteroatoms. The fraction of sp³-hybridized carbons (Fsp3) is 0.467. The van der Waals surface area contributed by atoms with Crippen LogP contribution < -0.4 is 16.0 Å². The Morgan fingerprint density at radius 1 is 1.10 bits per heavy atom. The van der Waals surface area contributed by atoms with Crippen molar-refractivity contribution < 1.29 is 9.59 Å². The van der Waals surface area contributed by atoms with Crippen molar-refractivity contribution in [2.24, 2.45) is 0 Å². The molecular weight excluding hydrogens is 254 g/mol. The molecule has 110 valence electrons. The van der Waals surface area contributed by atoms with E-state index in [9.17, 15) is 9.59 Å². The Balaban J connectivity index is 2.57. The molecule has 0 heterocycles. The fourth-order valence-corrected chi connectivity index (χ4v) is 2.07. The fourth-order valence-electron chi connectivity index (χ4n) is 2.07. The van der Waals surface area contributed by atoms with Gasteiger partial charge in [0.05, 0.1) is 6.54 Å². The van der Waals surface area contributed by atoms with Gasteiger partial charge in [-0.2, -0.15) is 0 Å². The molecule has 3 N–H and O–H groups in total. The molecule has 5 nitrogen and oxygen atoms in total. The number of hydrogen-bond acceptors (Lipinski definition) is 2. The summed E-state index contributed by atoms with van der Waals surface area (Å²) in [7, 11) is 0. The Morgan fingerprint density at radius 2 is 1.65 bits per heavy atom. The number of nitrogens with one attached hydrogen (secondary N) is 3. The molecule has 0 spiro atoms. The molecule has 0 bridgehead atoms. The molecule has 0 unspecified atom stereocenters. The minimum absolute atomic E-state index is 0.0338. The molecule has 0 saturated heterocycles. The van der Waals surface area contributed by atoms with Crippen LogP contribution >= 0.6 is 0 Å². The monoisotopic (exact) mass is 277 g/mol. The van der Waals surface area contributed by atoms with E-state index in [0.717, 1.165) is 22.4 Å². The summed E-state index contributed by atoms with van der Waals surface area (Å²) in [4.78, 5) is 23.2. The summed E-state index contributed by atoms with van der Waals surface area (Å²) in [6, 6.07) is 3.70. The zero-order valence-electron chi connectivity index (χ0n) is 12.8. The van der Waals surface area contributed by atoms with E-state index in [-0.39, 0.29) is 24.5 Å². The Labute approximate surface area is 120 Å². The normalized spacial score (nSPS) is 10.3. The van der Waals surface area contributed by atoms with E-state index in [1.807, 2.05) is 46.8 Å². The Morgan fingerprint density at radius 3 is 2.15 bits per heavy atom. The SMILES string of the molecule is Cc1cc(C)c(NC(=O)NCC(=O)NC(C)C)c(C)c1. The first-order valence-corrected chi connectivity index (χ1v) is 6.71. The molecule has 0 aliphatic carbocycles. The summed E-state index contributed by atoms with van der Waals surface area (Å²) in [5, 5.41) is 8.04. The Kier molecular flexibility index (Phi) is 5.55. The minimum Gasteiger partial charge on any atom is -0.352 e. The summed E-state index contributed by atoms with van der Waals surface area (Å²) in [6.07, 6.45) is 0. The average Bonchev–Trinajstić information content (AvgIpc) is 2.30. The van der Waals surface area contributed by atoms with E-state index < -0.39 is 0 Å². The van der Waals surface area contributed by atoms with Crippen molar-refractivity contribution in [2.75, 3.05) is 11.9 Å². The minimum atomic E-state index is -0.376. The van der Waals surface area contributed by atoms with Gasteiger partial charge in [-0.3, -0.25) is 4.79 Å². The number of rotatable bonds is 4. The smallest absolute Gasteiger partial charge is 0.319 e. The van der Waals surface area contributed by atoms with Gasteiger partial charge >= 0.3 is 6.03 Å². The van der Waals surface area contributed by atoms with Crippen molar-refractivity contribution in [3.8, 4) is 0 Å². The maximum absolute atomic E-state index is 11.8. The van der Waals surface area contributed by atoms with E-state index in [1.54, 1.807) is 0 Å². The average molecular weight is 277 g/mol. The van der Waals surface area contributed by atoms with Crippen molar-refractivity contribution in [2.45, 2.75) is 40.7 Å². The summed E-state index contributed by atoms with van der Waals surface area (Å²) in [5.41, 5.74) is 3.95. The number of benzene rings is 1. The van der Waals surface area contributed by atoms with Crippen molar-refractivity contribution in [1.29, 1.82) is 0 Å². The van der Waals surface area contributed by atoms with Gasteiger partial charge in [0.25, 0.3) is 0 Å². The lowest BCUT2D eigenvalue weighted by Gasteiger charge is -2.14. The summed E-state index contributed by atoms with van der Waals surface area (Å²) in [6.45, 7) is 9.62. The first kappa shape index (κ1) is 16.0. The van der Waals surface area contributed by atoms with E-state index in [0.29, 0.717) is 0 Å². The van der Waals surface area contributed by atoms with Crippen LogP contribution in [0.25, 0.3) is 0 Å². The highest BCUT2D eigenvalue weighted by atomic mass is 16.2. The maximum atomic E-state index is 11.8. The highest BCUT2D eigenvalue weighted by molar-refractivity contribution is 5.93. The van der Waals surface area contributed by atoms with Gasteiger partial charge in [-0.1, -0.05) is 17.7 Å². The van der Waals surface area contributed by atoms with Crippen LogP contribution in [0, 0.1) is 20.8 Å². The maximum Gasteiger partial charge on any atom is 0.319 e. The molecule has 0 radical (unpaired) electrons. The third kappa shape index (κ3) is 4.91. The summed E-state index contributed by atoms with van der Waals surface area (Å²) < 4.78 is 0. The molecule has 0 aromatic heterocycles. The van der Waals surface area contributed by atoms with Crippen LogP contribution in [0.2, 0.25) is 0 Å². The molecule has 1 rings (SSSR count). The van der Waals surface area contributed by atoms with E-state index in [2.05, 4.69) is 16.0 Å². The standard InChI is InChI=1S/C15H23N3O2/c1-9(2)17-13(19)8-16-15(20)18-14-11(4)6-10(3)7-12(14)5/h6-7,9H,8H2,1-5H3,(H,17,19)(H2,16,18,20). The highest BCUT2D eigenvalue weighted by Gasteiger charge is 2.09. The second-order valence-electron chi connectivity index (χ2n) is 5.30. The first-order chi connectivity index (χ1) is 9.29. The molecule has 1 aromatic rings. The van der Waals surface area contributed by atoms with Crippen LogP contribution in [0.15, 0.2) is 12.1 Å². The quantitative estimate of drug-likeness (QED) is 0.790. The Hall–Kier alpha value is -2.04. The van der Waals surface area contributed by atoms with Gasteiger partial charge in [-0.05, 0) is 45.7 Å². The third-order valence-corrected chi connectivity index (χ3v) is 2.77. The zero-order valence-corrected chi connectivity index (χ0v) is 12.8. The lowest BCUT2D eigenvalue weighted by molar-refractivity contribution is -0.120. The molecule has 0 saturated carbocycles. The number of urea groups is 1. The summed E-state index contributed by atoms with van der Waals surface area (Å²) in [5.74, 6) is -0.201. The summed E-state index contributed by atoms with van der Waals surface area (Å²) >= 11 is 0. The van der Waals surface area contributed by atoms with Crippen LogP contribution in [0.1, 0.15) is 30.5 Å². The van der Waals surface area contributed by atoms with Crippen LogP contribution in [0.5, 0.6) is 0 Å². The topological polar surface area (TPSA) is 70.2 Å². The van der Waals surface area contributed by atoms with Crippen molar-refractivity contribution in [1.82, 2.24) is 10.6 Å². The zero-order chi connectivity index (χ0) is 15.3. The molecule has 20 heavy (non-hydrogen) atoms. The number of carbonyl (C=O) groups excluding carboxylic acids is 2. The van der Waals surface area contributed by atoms with Crippen LogP contribution in [0.3, 0.4) is 0 Å². The molecule has 0 fully saturated rings. The molecule has 0 atom stereocenters. The second-order valence-corrected chi connectivity index (χ2v) is 5.30. The number of amides is 3. The van der Waals surface area contributed by atoms with E-state index >= 15 is 0 Å². The van der Waals surface area contributed by atoms with Gasteiger partial charge in [-0.25, -0.2) is 4.79 Å². The largest absolute Gasteiger partial charge is 0.352 e. The number of hydrogen-bond donors (Lipinski definition) is 3. The van der Waals surface area contributed by atoms with Crippen molar-refractivity contribution in [3.63, 3.8) is 0 Å². The number of aryl methyl sites for hydroxylation is 3. The van der Waals surface area contributed by atoms with Crippen LogP contribution in [-0.4, -0.2) is 24.5 Å². The van der Waals surface area contributed by atoms with Gasteiger partial charge in [0.15, 0.2) is 0 Å². The van der Waals surface area contributed by atoms with Gasteiger partial charge < -0.3 is 16.0 Å². The number of anilines is 1. The highest BCUT2D eigenvalue weighted by Crippen LogP contribution is 2.21. The van der Waals surface area contributed by atoms with Crippen LogP contribution in [0.4, 0.5) is 10.5 Å². The van der Waals surface area contributed by atoms with E-state index in [4.69, 9.17) is 0 Å². The molecule has 0 aliphatic rings. The first-order valence-electron chi connectivity index (χ1n) is 6.71. The predicted octanol–water partition coefficient (Wildman–Crippen LogP) is 2.26. The lowest BCUT2D eigenvalue weighted by atomic mass is 10.1. The molecule has 3 amide bonds. The van der Waals surface area contributed by atoms with Gasteiger partial charge in [0.1, 0.15) is 0 Å². The predicted molar refractivity (Wildman–Crippen MR) is 81.0 cm³/mol. The van der Waals surface area contributed by atoms with Gasteiger partial charge in [0, 0.05) is 11.7 Å². The van der Waals surface area contributed by atoms with Crippen LogP contribution in [-0.2, 0) is 4.79 Å². The van der Waals surface area contributed by atoms with Crippen molar-refractivity contribution >= 4 is 17.6 Å². The lowest BCUT2D eigenvalue weighted by Crippen LogP contribution is -2.41.